The van der Waals surface area contributed by atoms with E-state index in [0.29, 0.717) is 5.69 Å². The third kappa shape index (κ3) is 2.11. The highest BCUT2D eigenvalue weighted by Gasteiger charge is 2.09. The van der Waals surface area contributed by atoms with E-state index < -0.39 is 5.56 Å². The molecule has 0 aliphatic rings. The van der Waals surface area contributed by atoms with Crippen LogP contribution >= 0.6 is 0 Å². The average Bonchev–Trinajstić information content (AvgIpc) is 2.41. The second-order valence-electron chi connectivity index (χ2n) is 3.84. The molecule has 19 heavy (non-hydrogen) atoms. The van der Waals surface area contributed by atoms with Crippen LogP contribution in [0.4, 0.5) is 11.7 Å². The number of fused-ring (bicyclic) bond motifs is 1. The van der Waals surface area contributed by atoms with Crippen LogP contribution in [0, 0.1) is 0 Å². The maximum atomic E-state index is 11.8. The Hall–Kier alpha value is -2.89. The van der Waals surface area contributed by atoms with Crippen LogP contribution in [0.5, 0.6) is 5.75 Å². The summed E-state index contributed by atoms with van der Waals surface area (Å²) in [4.78, 5) is 19.5. The molecule has 0 unspecified atom stereocenters. The number of aromatic nitrogens is 2. The van der Waals surface area contributed by atoms with Gasteiger partial charge in [0, 0.05) is 6.20 Å². The second-order valence-corrected chi connectivity index (χ2v) is 3.84. The van der Waals surface area contributed by atoms with E-state index in [1.165, 1.54) is 6.07 Å². The minimum Gasteiger partial charge on any atom is -0.504 e. The predicted molar refractivity (Wildman–Crippen MR) is 69.5 cm³/mol. The molecule has 2 N–H and O–H groups in total. The monoisotopic (exact) mass is 255 g/mol. The summed E-state index contributed by atoms with van der Waals surface area (Å²) < 4.78 is 5.38. The summed E-state index contributed by atoms with van der Waals surface area (Å²) >= 11 is 0. The molecule has 0 aliphatic heterocycles. The number of pyridine rings is 1. The molecular formula is C13H9N3O3. The van der Waals surface area contributed by atoms with Gasteiger partial charge >= 0.3 is 6.01 Å². The highest BCUT2D eigenvalue weighted by atomic mass is 16.4. The molecule has 1 aromatic carbocycles. The van der Waals surface area contributed by atoms with E-state index in [9.17, 15) is 9.90 Å². The van der Waals surface area contributed by atoms with Crippen LogP contribution in [0.25, 0.3) is 11.0 Å². The minimum atomic E-state index is -0.469. The first-order valence-corrected chi connectivity index (χ1v) is 5.54. The fourth-order valence-electron chi connectivity index (χ4n) is 1.69. The van der Waals surface area contributed by atoms with E-state index in [1.807, 2.05) is 0 Å². The van der Waals surface area contributed by atoms with E-state index in [1.54, 1.807) is 36.7 Å². The zero-order valence-electron chi connectivity index (χ0n) is 9.70. The summed E-state index contributed by atoms with van der Waals surface area (Å²) in [6.07, 6.45) is 3.19. The standard InChI is InChI=1S/C13H9N3O3/c17-10-5-1-4-9-11(10)19-13(16-12(9)18)15-8-3-2-6-14-7-8/h1-7,17H,(H,15,16,18). The number of anilines is 2. The van der Waals surface area contributed by atoms with Crippen molar-refractivity contribution in [3.63, 3.8) is 0 Å². The number of hydrogen-bond acceptors (Lipinski definition) is 6. The Labute approximate surface area is 107 Å². The molecule has 0 saturated carbocycles. The normalized spacial score (nSPS) is 10.5. The van der Waals surface area contributed by atoms with Gasteiger partial charge in [-0.1, -0.05) is 6.07 Å². The maximum absolute atomic E-state index is 11.8. The summed E-state index contributed by atoms with van der Waals surface area (Å²) in [6, 6.07) is 8.04. The van der Waals surface area contributed by atoms with Gasteiger partial charge in [-0.2, -0.15) is 4.98 Å². The lowest BCUT2D eigenvalue weighted by molar-refractivity contribution is 0.463. The number of para-hydroxylation sites is 1. The number of nitrogens with one attached hydrogen (secondary N) is 1. The van der Waals surface area contributed by atoms with E-state index in [2.05, 4.69) is 15.3 Å². The van der Waals surface area contributed by atoms with Gasteiger partial charge in [0.15, 0.2) is 11.3 Å². The van der Waals surface area contributed by atoms with Crippen LogP contribution in [0.3, 0.4) is 0 Å². The molecule has 0 saturated heterocycles. The zero-order chi connectivity index (χ0) is 13.2. The van der Waals surface area contributed by atoms with Gasteiger partial charge < -0.3 is 14.8 Å². The third-order valence-electron chi connectivity index (χ3n) is 2.54. The lowest BCUT2D eigenvalue weighted by atomic mass is 10.2. The number of hydrogen-bond donors (Lipinski definition) is 2. The molecule has 94 valence electrons. The van der Waals surface area contributed by atoms with Crippen LogP contribution in [0.15, 0.2) is 51.9 Å². The van der Waals surface area contributed by atoms with Crippen LogP contribution in [-0.4, -0.2) is 15.1 Å². The quantitative estimate of drug-likeness (QED) is 0.728. The maximum Gasteiger partial charge on any atom is 0.303 e. The van der Waals surface area contributed by atoms with Gasteiger partial charge in [-0.3, -0.25) is 9.78 Å². The Morgan fingerprint density at radius 1 is 1.21 bits per heavy atom. The van der Waals surface area contributed by atoms with E-state index in [0.717, 1.165) is 0 Å². The highest BCUT2D eigenvalue weighted by Crippen LogP contribution is 2.24. The summed E-state index contributed by atoms with van der Waals surface area (Å²) in [5.41, 5.74) is 0.269. The van der Waals surface area contributed by atoms with Crippen molar-refractivity contribution in [2.45, 2.75) is 0 Å². The zero-order valence-corrected chi connectivity index (χ0v) is 9.70. The molecule has 6 nitrogen and oxygen atoms in total. The highest BCUT2D eigenvalue weighted by molar-refractivity contribution is 5.81. The number of nitrogens with zero attached hydrogens (tertiary/aromatic N) is 2. The molecule has 0 bridgehead atoms. The molecule has 3 aromatic rings. The Bertz CT molecular complexity index is 784. The number of aromatic hydroxyl groups is 1. The molecule has 0 radical (unpaired) electrons. The molecule has 0 atom stereocenters. The minimum absolute atomic E-state index is 0.00648. The van der Waals surface area contributed by atoms with Crippen LogP contribution in [-0.2, 0) is 0 Å². The van der Waals surface area contributed by atoms with Gasteiger partial charge in [-0.05, 0) is 24.3 Å². The Morgan fingerprint density at radius 3 is 2.89 bits per heavy atom. The number of benzene rings is 1. The van der Waals surface area contributed by atoms with Crippen molar-refractivity contribution in [3.05, 3.63) is 53.1 Å². The van der Waals surface area contributed by atoms with Crippen molar-refractivity contribution >= 4 is 22.7 Å². The van der Waals surface area contributed by atoms with Crippen molar-refractivity contribution in [1.82, 2.24) is 9.97 Å². The third-order valence-corrected chi connectivity index (χ3v) is 2.54. The average molecular weight is 255 g/mol. The van der Waals surface area contributed by atoms with Crippen molar-refractivity contribution in [2.75, 3.05) is 5.32 Å². The van der Waals surface area contributed by atoms with Crippen molar-refractivity contribution in [3.8, 4) is 5.75 Å². The van der Waals surface area contributed by atoms with E-state index in [4.69, 9.17) is 4.42 Å². The van der Waals surface area contributed by atoms with E-state index in [-0.39, 0.29) is 22.7 Å². The van der Waals surface area contributed by atoms with Crippen molar-refractivity contribution in [2.24, 2.45) is 0 Å². The Kier molecular flexibility index (Phi) is 2.60. The molecule has 3 rings (SSSR count). The molecule has 0 fully saturated rings. The van der Waals surface area contributed by atoms with Crippen molar-refractivity contribution < 1.29 is 9.52 Å². The van der Waals surface area contributed by atoms with Crippen LogP contribution in [0.1, 0.15) is 0 Å². The fraction of sp³-hybridized carbons (Fsp3) is 0. The molecule has 6 heteroatoms. The first-order valence-electron chi connectivity index (χ1n) is 5.54. The van der Waals surface area contributed by atoms with Gasteiger partial charge in [0.2, 0.25) is 0 Å². The largest absolute Gasteiger partial charge is 0.504 e. The van der Waals surface area contributed by atoms with Gasteiger partial charge in [-0.25, -0.2) is 0 Å². The number of rotatable bonds is 2. The lowest BCUT2D eigenvalue weighted by Gasteiger charge is -2.05. The SMILES string of the molecule is O=c1nc(Nc2cccnc2)oc2c(O)cccc12. The van der Waals surface area contributed by atoms with Gasteiger partial charge in [0.1, 0.15) is 0 Å². The number of phenols is 1. The Morgan fingerprint density at radius 2 is 2.11 bits per heavy atom. The predicted octanol–water partition coefficient (Wildman–Crippen LogP) is 2.03. The molecule has 2 heterocycles. The molecular weight excluding hydrogens is 246 g/mol. The first-order chi connectivity index (χ1) is 9.24. The van der Waals surface area contributed by atoms with Gasteiger partial charge in [0.25, 0.3) is 5.56 Å². The first kappa shape index (κ1) is 11.2. The van der Waals surface area contributed by atoms with Crippen LogP contribution < -0.4 is 10.9 Å². The van der Waals surface area contributed by atoms with Gasteiger partial charge in [-0.15, -0.1) is 0 Å². The summed E-state index contributed by atoms with van der Waals surface area (Å²) in [6.45, 7) is 0. The molecule has 0 aliphatic carbocycles. The van der Waals surface area contributed by atoms with E-state index >= 15 is 0 Å². The summed E-state index contributed by atoms with van der Waals surface area (Å²) in [5.74, 6) is -0.105. The Balaban J connectivity index is 2.11. The second kappa shape index (κ2) is 4.41. The van der Waals surface area contributed by atoms with Gasteiger partial charge in [0.05, 0.1) is 17.3 Å². The molecule has 0 amide bonds. The molecule has 0 spiro atoms. The van der Waals surface area contributed by atoms with Crippen LogP contribution in [0.2, 0.25) is 0 Å². The summed E-state index contributed by atoms with van der Waals surface area (Å²) in [7, 11) is 0. The molecule has 2 aromatic heterocycles. The number of phenolic OH excluding ortho intramolecular Hbond substituents is 1. The fourth-order valence-corrected chi connectivity index (χ4v) is 1.69. The van der Waals surface area contributed by atoms with Crippen molar-refractivity contribution in [1.29, 1.82) is 0 Å². The lowest BCUT2D eigenvalue weighted by Crippen LogP contribution is -2.08. The smallest absolute Gasteiger partial charge is 0.303 e. The topological polar surface area (TPSA) is 88.3 Å². The summed E-state index contributed by atoms with van der Waals surface area (Å²) in [5, 5.41) is 12.7.